The second-order valence-corrected chi connectivity index (χ2v) is 4.26. The molecule has 0 aromatic rings. The fourth-order valence-electron chi connectivity index (χ4n) is 0.731. The van der Waals surface area contributed by atoms with Crippen LogP contribution < -0.4 is 5.32 Å². The van der Waals surface area contributed by atoms with Gasteiger partial charge in [-0.3, -0.25) is 4.57 Å². The highest BCUT2D eigenvalue weighted by Gasteiger charge is 2.20. The van der Waals surface area contributed by atoms with Gasteiger partial charge in [-0.2, -0.15) is 4.20 Å². The van der Waals surface area contributed by atoms with E-state index in [4.69, 9.17) is 0 Å². The molecule has 0 bridgehead atoms. The molecule has 1 N–H and O–H groups in total. The Kier molecular flexibility index (Phi) is 6.49. The Morgan fingerprint density at radius 2 is 2.07 bits per heavy atom. The molecule has 0 saturated heterocycles. The Balaban J connectivity index is 3.62. The lowest BCUT2D eigenvalue weighted by molar-refractivity contribution is 0.153. The summed E-state index contributed by atoms with van der Waals surface area (Å²) in [7, 11) is -4.04. The van der Waals surface area contributed by atoms with E-state index in [1.165, 1.54) is 0 Å². The Bertz CT molecular complexity index is 224. The van der Waals surface area contributed by atoms with E-state index in [1.54, 1.807) is 13.8 Å². The number of hydrogen-bond donors (Lipinski definition) is 1. The first-order valence-electron chi connectivity index (χ1n) is 4.35. The third-order valence-corrected chi connectivity index (χ3v) is 2.65. The SMILES string of the molecule is CCOC(=O)NCCP(=O)(F)OCC. The standard InChI is InChI=1S/C7H15FNO4P/c1-3-12-7(10)9-5-6-14(8,11)13-4-2/h3-6H2,1-2H3,(H,9,10). The number of halogens is 1. The molecule has 7 heteroatoms. The Morgan fingerprint density at radius 3 is 2.57 bits per heavy atom. The summed E-state index contributed by atoms with van der Waals surface area (Å²) in [4.78, 5) is 10.7. The lowest BCUT2D eigenvalue weighted by atomic mass is 10.7. The van der Waals surface area contributed by atoms with Gasteiger partial charge in [-0.25, -0.2) is 4.79 Å². The van der Waals surface area contributed by atoms with Crippen LogP contribution in [0.2, 0.25) is 0 Å². The van der Waals surface area contributed by atoms with Gasteiger partial charge in [0.2, 0.25) is 0 Å². The van der Waals surface area contributed by atoms with Crippen molar-refractivity contribution in [3.8, 4) is 0 Å². The van der Waals surface area contributed by atoms with Gasteiger partial charge < -0.3 is 14.6 Å². The van der Waals surface area contributed by atoms with Crippen LogP contribution in [-0.4, -0.2) is 32.0 Å². The van der Waals surface area contributed by atoms with Gasteiger partial charge in [-0.05, 0) is 13.8 Å². The number of alkyl carbamates (subject to hydrolysis) is 1. The molecule has 0 fully saturated rings. The molecule has 0 aliphatic carbocycles. The summed E-state index contributed by atoms with van der Waals surface area (Å²) in [5.74, 6) is 0. The molecule has 0 aliphatic rings. The second kappa shape index (κ2) is 6.79. The van der Waals surface area contributed by atoms with Crippen molar-refractivity contribution in [3.05, 3.63) is 0 Å². The predicted octanol–water partition coefficient (Wildman–Crippen LogP) is 1.93. The van der Waals surface area contributed by atoms with Crippen LogP contribution in [0.5, 0.6) is 0 Å². The van der Waals surface area contributed by atoms with Crippen molar-refractivity contribution in [2.24, 2.45) is 0 Å². The first-order chi connectivity index (χ1) is 6.52. The third-order valence-electron chi connectivity index (χ3n) is 1.25. The van der Waals surface area contributed by atoms with Gasteiger partial charge in [-0.1, -0.05) is 0 Å². The average molecular weight is 227 g/mol. The van der Waals surface area contributed by atoms with Gasteiger partial charge in [0, 0.05) is 6.54 Å². The summed E-state index contributed by atoms with van der Waals surface area (Å²) in [6, 6.07) is 0. The van der Waals surface area contributed by atoms with Gasteiger partial charge in [0.05, 0.1) is 19.4 Å². The topological polar surface area (TPSA) is 64.6 Å². The first-order valence-corrected chi connectivity index (χ1v) is 6.05. The van der Waals surface area contributed by atoms with E-state index < -0.39 is 13.8 Å². The van der Waals surface area contributed by atoms with Crippen molar-refractivity contribution < 1.29 is 22.8 Å². The summed E-state index contributed by atoms with van der Waals surface area (Å²) in [6.45, 7) is 3.43. The molecule has 1 unspecified atom stereocenters. The van der Waals surface area contributed by atoms with Crippen LogP contribution in [0.1, 0.15) is 13.8 Å². The molecule has 0 aromatic heterocycles. The average Bonchev–Trinajstić information content (AvgIpc) is 2.03. The summed E-state index contributed by atoms with van der Waals surface area (Å²) < 4.78 is 32.6. The van der Waals surface area contributed by atoms with Crippen LogP contribution in [-0.2, 0) is 13.8 Å². The maximum Gasteiger partial charge on any atom is 0.407 e. The van der Waals surface area contributed by atoms with Gasteiger partial charge in [-0.15, -0.1) is 0 Å². The molecule has 5 nitrogen and oxygen atoms in total. The lowest BCUT2D eigenvalue weighted by Gasteiger charge is -2.08. The van der Waals surface area contributed by atoms with E-state index >= 15 is 0 Å². The van der Waals surface area contributed by atoms with Crippen LogP contribution >= 0.6 is 7.68 Å². The summed E-state index contributed by atoms with van der Waals surface area (Å²) in [5.41, 5.74) is 0. The van der Waals surface area contributed by atoms with Gasteiger partial charge >= 0.3 is 13.8 Å². The number of nitrogens with one attached hydrogen (secondary N) is 1. The first kappa shape index (κ1) is 13.4. The summed E-state index contributed by atoms with van der Waals surface area (Å²) in [6.07, 6.45) is -0.983. The zero-order valence-electron chi connectivity index (χ0n) is 8.29. The minimum atomic E-state index is -4.04. The molecule has 0 heterocycles. The van der Waals surface area contributed by atoms with Crippen molar-refractivity contribution >= 4 is 13.8 Å². The molecule has 0 aliphatic heterocycles. The smallest absolute Gasteiger partial charge is 0.407 e. The molecule has 0 spiro atoms. The van der Waals surface area contributed by atoms with Gasteiger partial charge in [0.25, 0.3) is 0 Å². The minimum absolute atomic E-state index is 0.0488. The second-order valence-electron chi connectivity index (χ2n) is 2.38. The maximum absolute atomic E-state index is 12.9. The number of rotatable bonds is 6. The van der Waals surface area contributed by atoms with Crippen LogP contribution in [0.4, 0.5) is 8.99 Å². The van der Waals surface area contributed by atoms with Gasteiger partial charge in [0.1, 0.15) is 0 Å². The molecule has 0 radical (unpaired) electrons. The van der Waals surface area contributed by atoms with Crippen molar-refractivity contribution in [2.45, 2.75) is 13.8 Å². The van der Waals surface area contributed by atoms with E-state index in [0.29, 0.717) is 0 Å². The molecule has 0 rings (SSSR count). The fourth-order valence-corrected chi connectivity index (χ4v) is 1.62. The van der Waals surface area contributed by atoms with E-state index in [-0.39, 0.29) is 25.9 Å². The Morgan fingerprint density at radius 1 is 1.43 bits per heavy atom. The number of ether oxygens (including phenoxy) is 1. The number of carbonyl (C=O) groups is 1. The van der Waals surface area contributed by atoms with Crippen LogP contribution in [0.25, 0.3) is 0 Å². The molecular formula is C7H15FNO4P. The maximum atomic E-state index is 12.9. The molecule has 14 heavy (non-hydrogen) atoms. The highest BCUT2D eigenvalue weighted by molar-refractivity contribution is 7.53. The molecule has 0 saturated carbocycles. The Hall–Kier alpha value is -0.610. The quantitative estimate of drug-likeness (QED) is 0.704. The van der Waals surface area contributed by atoms with E-state index in [1.807, 2.05) is 0 Å². The van der Waals surface area contributed by atoms with E-state index in [0.717, 1.165) is 0 Å². The Labute approximate surface area is 82.5 Å². The third kappa shape index (κ3) is 6.86. The van der Waals surface area contributed by atoms with Gasteiger partial charge in [0.15, 0.2) is 0 Å². The van der Waals surface area contributed by atoms with Crippen LogP contribution in [0, 0.1) is 0 Å². The molecule has 1 atom stereocenters. The molecule has 1 amide bonds. The summed E-state index contributed by atoms with van der Waals surface area (Å²) in [5, 5.41) is 2.24. The normalized spacial score (nSPS) is 14.5. The zero-order chi connectivity index (χ0) is 11.0. The molecule has 0 aromatic carbocycles. The fraction of sp³-hybridized carbons (Fsp3) is 0.857. The highest BCUT2D eigenvalue weighted by Crippen LogP contribution is 2.47. The molecular weight excluding hydrogens is 212 g/mol. The largest absolute Gasteiger partial charge is 0.450 e. The number of carbonyl (C=O) groups excluding carboxylic acids is 1. The number of hydrogen-bond acceptors (Lipinski definition) is 4. The van der Waals surface area contributed by atoms with Crippen molar-refractivity contribution in [1.82, 2.24) is 5.32 Å². The summed E-state index contributed by atoms with van der Waals surface area (Å²) >= 11 is 0. The van der Waals surface area contributed by atoms with Crippen molar-refractivity contribution in [2.75, 3.05) is 25.9 Å². The monoisotopic (exact) mass is 227 g/mol. The predicted molar refractivity (Wildman–Crippen MR) is 50.2 cm³/mol. The van der Waals surface area contributed by atoms with Crippen molar-refractivity contribution in [3.63, 3.8) is 0 Å². The van der Waals surface area contributed by atoms with Crippen LogP contribution in [0.15, 0.2) is 0 Å². The lowest BCUT2D eigenvalue weighted by Crippen LogP contribution is -2.27. The molecule has 84 valence electrons. The zero-order valence-corrected chi connectivity index (χ0v) is 9.18. The van der Waals surface area contributed by atoms with Crippen LogP contribution in [0.3, 0.4) is 0 Å². The minimum Gasteiger partial charge on any atom is -0.450 e. The van der Waals surface area contributed by atoms with E-state index in [2.05, 4.69) is 14.6 Å². The highest BCUT2D eigenvalue weighted by atomic mass is 31.2. The number of amides is 1. The van der Waals surface area contributed by atoms with E-state index in [9.17, 15) is 13.6 Å². The van der Waals surface area contributed by atoms with Crippen molar-refractivity contribution in [1.29, 1.82) is 0 Å².